The number of rotatable bonds is 3. The van der Waals surface area contributed by atoms with Crippen molar-refractivity contribution in [2.75, 3.05) is 17.2 Å². The molecule has 2 aromatic heterocycles. The molecule has 170 valence electrons. The lowest BCUT2D eigenvalue weighted by molar-refractivity contribution is -0.0579. The van der Waals surface area contributed by atoms with Crippen molar-refractivity contribution in [1.82, 2.24) is 9.55 Å². The van der Waals surface area contributed by atoms with Crippen molar-refractivity contribution in [1.29, 1.82) is 5.26 Å². The normalized spacial score (nSPS) is 19.1. The van der Waals surface area contributed by atoms with Crippen molar-refractivity contribution in [2.45, 2.75) is 24.8 Å². The van der Waals surface area contributed by atoms with E-state index in [9.17, 15) is 18.0 Å². The van der Waals surface area contributed by atoms with E-state index in [-0.39, 0.29) is 33.9 Å². The van der Waals surface area contributed by atoms with E-state index in [1.165, 1.54) is 11.6 Å². The molecule has 3 heterocycles. The van der Waals surface area contributed by atoms with Gasteiger partial charge < -0.3 is 19.9 Å². The molecule has 0 spiro atoms. The number of fused-ring (bicyclic) bond motifs is 3. The highest BCUT2D eigenvalue weighted by molar-refractivity contribution is 6.30. The van der Waals surface area contributed by atoms with Gasteiger partial charge in [-0.1, -0.05) is 11.6 Å². The predicted octanol–water partition coefficient (Wildman–Crippen LogP) is 4.56. The minimum absolute atomic E-state index is 0.105. The van der Waals surface area contributed by atoms with Crippen LogP contribution in [-0.2, 0) is 7.05 Å². The molecule has 33 heavy (non-hydrogen) atoms. The summed E-state index contributed by atoms with van der Waals surface area (Å²) in [5.74, 6) is -4.55. The van der Waals surface area contributed by atoms with E-state index in [2.05, 4.69) is 15.6 Å². The van der Waals surface area contributed by atoms with Gasteiger partial charge in [0, 0.05) is 18.1 Å². The highest BCUT2D eigenvalue weighted by Gasteiger charge is 2.51. The van der Waals surface area contributed by atoms with Crippen LogP contribution >= 0.6 is 11.6 Å². The van der Waals surface area contributed by atoms with Crippen molar-refractivity contribution in [3.63, 3.8) is 0 Å². The SMILES string of the molecule is Cn1c(=O)c2c(c3cc(Nc4nc(Cl)c(C#N)cc4F)ccc31)N[C@@H](C1CC1)C(F)(F)CO2. The minimum Gasteiger partial charge on any atom is -0.480 e. The van der Waals surface area contributed by atoms with Crippen LogP contribution in [0.1, 0.15) is 18.4 Å². The van der Waals surface area contributed by atoms with E-state index in [1.54, 1.807) is 24.3 Å². The summed E-state index contributed by atoms with van der Waals surface area (Å²) >= 11 is 5.92. The molecule has 0 bridgehead atoms. The number of pyridine rings is 2. The summed E-state index contributed by atoms with van der Waals surface area (Å²) in [7, 11) is 1.52. The molecule has 0 saturated heterocycles. The monoisotopic (exact) mass is 475 g/mol. The van der Waals surface area contributed by atoms with Gasteiger partial charge in [-0.2, -0.15) is 5.26 Å². The Labute approximate surface area is 190 Å². The fourth-order valence-corrected chi connectivity index (χ4v) is 4.24. The Morgan fingerprint density at radius 3 is 2.82 bits per heavy atom. The number of benzene rings is 1. The van der Waals surface area contributed by atoms with E-state index >= 15 is 0 Å². The zero-order valence-corrected chi connectivity index (χ0v) is 18.0. The number of aryl methyl sites for hydroxylation is 1. The molecule has 0 unspecified atom stereocenters. The molecule has 11 heteroatoms. The second-order valence-electron chi connectivity index (χ2n) is 8.20. The maximum absolute atomic E-state index is 14.7. The number of ether oxygens (including phenoxy) is 1. The number of nitrogens with one attached hydrogen (secondary N) is 2. The van der Waals surface area contributed by atoms with Gasteiger partial charge in [-0.25, -0.2) is 18.2 Å². The largest absolute Gasteiger partial charge is 0.480 e. The Balaban J connectivity index is 1.63. The predicted molar refractivity (Wildman–Crippen MR) is 117 cm³/mol. The van der Waals surface area contributed by atoms with Crippen LogP contribution in [0, 0.1) is 23.1 Å². The molecule has 2 N–H and O–H groups in total. The highest BCUT2D eigenvalue weighted by atomic mass is 35.5. The van der Waals surface area contributed by atoms with E-state index in [1.807, 2.05) is 0 Å². The Bertz CT molecular complexity index is 1400. The molecule has 7 nitrogen and oxygen atoms in total. The molecule has 5 rings (SSSR count). The number of nitriles is 1. The van der Waals surface area contributed by atoms with Crippen molar-refractivity contribution in [2.24, 2.45) is 13.0 Å². The molecule has 0 amide bonds. The van der Waals surface area contributed by atoms with Crippen LogP contribution in [-0.4, -0.2) is 28.1 Å². The summed E-state index contributed by atoms with van der Waals surface area (Å²) in [6.45, 7) is -0.897. The van der Waals surface area contributed by atoms with E-state index < -0.39 is 29.9 Å². The van der Waals surface area contributed by atoms with E-state index in [0.29, 0.717) is 29.4 Å². The van der Waals surface area contributed by atoms with Crippen LogP contribution < -0.4 is 20.9 Å². The van der Waals surface area contributed by atoms with Gasteiger partial charge in [0.05, 0.1) is 22.8 Å². The molecule has 3 aromatic rings. The fraction of sp³-hybridized carbons (Fsp3) is 0.318. The quantitative estimate of drug-likeness (QED) is 0.540. The van der Waals surface area contributed by atoms with Gasteiger partial charge in [-0.15, -0.1) is 0 Å². The van der Waals surface area contributed by atoms with Crippen molar-refractivity contribution in [3.05, 3.63) is 51.2 Å². The zero-order chi connectivity index (χ0) is 23.5. The standard InChI is InChI=1S/C22H17ClF3N5O2/c1-31-15-5-4-12(28-20-14(24)6-11(8-27)19(23)30-20)7-13(15)16-17(21(31)32)33-9-22(25,26)18(29-16)10-2-3-10/h4-7,10,18,29H,2-3,9H2,1H3,(H,28,30)/t18-/m0/s1. The number of hydrogen-bond acceptors (Lipinski definition) is 6. The topological polar surface area (TPSA) is 92.0 Å². The summed E-state index contributed by atoms with van der Waals surface area (Å²) in [6.07, 6.45) is 1.34. The van der Waals surface area contributed by atoms with Crippen LogP contribution in [0.5, 0.6) is 5.75 Å². The van der Waals surface area contributed by atoms with E-state index in [4.69, 9.17) is 21.6 Å². The first-order valence-electron chi connectivity index (χ1n) is 10.2. The first-order valence-corrected chi connectivity index (χ1v) is 10.5. The van der Waals surface area contributed by atoms with Gasteiger partial charge in [-0.3, -0.25) is 4.79 Å². The third kappa shape index (κ3) is 3.62. The van der Waals surface area contributed by atoms with Crippen LogP contribution in [0.15, 0.2) is 29.1 Å². The summed E-state index contributed by atoms with van der Waals surface area (Å²) in [4.78, 5) is 16.7. The fourth-order valence-electron chi connectivity index (χ4n) is 4.06. The maximum Gasteiger partial charge on any atom is 0.301 e. The molecule has 1 atom stereocenters. The molecule has 1 aliphatic carbocycles. The number of anilines is 3. The number of hydrogen-bond donors (Lipinski definition) is 2. The number of alkyl halides is 2. The summed E-state index contributed by atoms with van der Waals surface area (Å²) in [5, 5.41) is 14.9. The van der Waals surface area contributed by atoms with Gasteiger partial charge >= 0.3 is 5.92 Å². The van der Waals surface area contributed by atoms with Gasteiger partial charge in [-0.05, 0) is 43.0 Å². The van der Waals surface area contributed by atoms with Gasteiger partial charge in [0.25, 0.3) is 5.56 Å². The molecule has 0 radical (unpaired) electrons. The molecule has 1 aliphatic heterocycles. The lowest BCUT2D eigenvalue weighted by atomic mass is 10.0. The summed E-state index contributed by atoms with van der Waals surface area (Å²) < 4.78 is 50.5. The lowest BCUT2D eigenvalue weighted by Gasteiger charge is -2.25. The van der Waals surface area contributed by atoms with Crippen molar-refractivity contribution < 1.29 is 17.9 Å². The second kappa shape index (κ2) is 7.56. The van der Waals surface area contributed by atoms with E-state index in [0.717, 1.165) is 6.07 Å². The zero-order valence-electron chi connectivity index (χ0n) is 17.3. The Hall–Kier alpha value is -3.45. The Kier molecular flexibility index (Phi) is 4.90. The molecule has 1 aromatic carbocycles. The molecular formula is C22H17ClF3N5O2. The number of aromatic nitrogens is 2. The van der Waals surface area contributed by atoms with Gasteiger partial charge in [0.1, 0.15) is 11.2 Å². The third-order valence-electron chi connectivity index (χ3n) is 5.92. The van der Waals surface area contributed by atoms with Crippen LogP contribution in [0.3, 0.4) is 0 Å². The number of halogens is 4. The maximum atomic E-state index is 14.7. The first-order chi connectivity index (χ1) is 15.7. The minimum atomic E-state index is -3.15. The molecule has 1 saturated carbocycles. The molecule has 1 fully saturated rings. The van der Waals surface area contributed by atoms with Gasteiger partial charge in [0.2, 0.25) is 5.75 Å². The van der Waals surface area contributed by atoms with Crippen molar-refractivity contribution >= 4 is 39.7 Å². The number of nitrogens with zero attached hydrogens (tertiary/aromatic N) is 3. The van der Waals surface area contributed by atoms with Crippen LogP contribution in [0.2, 0.25) is 5.15 Å². The highest BCUT2D eigenvalue weighted by Crippen LogP contribution is 2.45. The smallest absolute Gasteiger partial charge is 0.301 e. The van der Waals surface area contributed by atoms with Gasteiger partial charge in [0.15, 0.2) is 18.2 Å². The lowest BCUT2D eigenvalue weighted by Crippen LogP contribution is -2.44. The van der Waals surface area contributed by atoms with Crippen LogP contribution in [0.4, 0.5) is 30.4 Å². The molecular weight excluding hydrogens is 459 g/mol. The summed E-state index contributed by atoms with van der Waals surface area (Å²) in [5.41, 5.74) is 0.386. The third-order valence-corrected chi connectivity index (χ3v) is 6.21. The average molecular weight is 476 g/mol. The first kappa shape index (κ1) is 21.4. The summed E-state index contributed by atoms with van der Waals surface area (Å²) in [6, 6.07) is 6.34. The molecule has 2 aliphatic rings. The Morgan fingerprint density at radius 1 is 1.36 bits per heavy atom. The second-order valence-corrected chi connectivity index (χ2v) is 8.56. The van der Waals surface area contributed by atoms with Crippen molar-refractivity contribution in [3.8, 4) is 11.8 Å². The Morgan fingerprint density at radius 2 is 2.12 bits per heavy atom. The van der Waals surface area contributed by atoms with Crippen LogP contribution in [0.25, 0.3) is 10.9 Å². The average Bonchev–Trinajstić information content (AvgIpc) is 3.62.